The van der Waals surface area contributed by atoms with Crippen LogP contribution in [0, 0.1) is 0 Å². The fourth-order valence-corrected chi connectivity index (χ4v) is 2.72. The first-order valence-corrected chi connectivity index (χ1v) is 7.32. The van der Waals surface area contributed by atoms with Crippen molar-refractivity contribution in [1.82, 2.24) is 19.9 Å². The van der Waals surface area contributed by atoms with Crippen LogP contribution in [0.25, 0.3) is 0 Å². The normalized spacial score (nSPS) is 21.4. The van der Waals surface area contributed by atoms with E-state index in [9.17, 15) is 0 Å². The highest BCUT2D eigenvalue weighted by molar-refractivity contribution is 5.36. The van der Waals surface area contributed by atoms with Gasteiger partial charge in [0.2, 0.25) is 11.9 Å². The van der Waals surface area contributed by atoms with E-state index < -0.39 is 0 Å². The van der Waals surface area contributed by atoms with Crippen LogP contribution in [-0.4, -0.2) is 59.2 Å². The molecule has 2 saturated heterocycles. The van der Waals surface area contributed by atoms with Crippen molar-refractivity contribution >= 4 is 11.9 Å². The summed E-state index contributed by atoms with van der Waals surface area (Å²) >= 11 is 0. The van der Waals surface area contributed by atoms with E-state index in [0.29, 0.717) is 12.0 Å². The van der Waals surface area contributed by atoms with Crippen molar-refractivity contribution in [2.24, 2.45) is 0 Å². The van der Waals surface area contributed by atoms with Gasteiger partial charge in [-0.3, -0.25) is 0 Å². The molecule has 2 N–H and O–H groups in total. The van der Waals surface area contributed by atoms with Gasteiger partial charge in [0.05, 0.1) is 0 Å². The molecule has 20 heavy (non-hydrogen) atoms. The third kappa shape index (κ3) is 3.09. The van der Waals surface area contributed by atoms with Crippen LogP contribution in [-0.2, 0) is 0 Å². The average Bonchev–Trinajstić information content (AvgIpc) is 2.95. The Bertz CT molecular complexity index is 454. The van der Waals surface area contributed by atoms with Crippen LogP contribution in [0.2, 0.25) is 0 Å². The summed E-state index contributed by atoms with van der Waals surface area (Å²) in [5.74, 6) is 0.891. The minimum atomic E-state index is 0.180. The zero-order valence-corrected chi connectivity index (χ0v) is 12.0. The lowest BCUT2D eigenvalue weighted by molar-refractivity contribution is 0.105. The zero-order valence-electron chi connectivity index (χ0n) is 12.0. The molecule has 0 aliphatic carbocycles. The van der Waals surface area contributed by atoms with Gasteiger partial charge in [0, 0.05) is 26.2 Å². The molecule has 0 bridgehead atoms. The molecule has 110 valence electrons. The van der Waals surface area contributed by atoms with Gasteiger partial charge < -0.3 is 20.3 Å². The Kier molecular flexibility index (Phi) is 3.86. The molecule has 7 nitrogen and oxygen atoms in total. The largest absolute Gasteiger partial charge is 0.460 e. The first kappa shape index (κ1) is 13.4. The summed E-state index contributed by atoms with van der Waals surface area (Å²) in [5.41, 5.74) is 5.78. The predicted molar refractivity (Wildman–Crippen MR) is 76.8 cm³/mol. The number of hydrogen-bond acceptors (Lipinski definition) is 7. The maximum atomic E-state index is 5.89. The molecule has 0 amide bonds. The molecule has 2 aliphatic rings. The summed E-state index contributed by atoms with van der Waals surface area (Å²) in [4.78, 5) is 17.2. The Morgan fingerprint density at radius 1 is 1.05 bits per heavy atom. The number of nitrogens with zero attached hydrogens (tertiary/aromatic N) is 5. The van der Waals surface area contributed by atoms with Crippen LogP contribution in [0.1, 0.15) is 25.7 Å². The van der Waals surface area contributed by atoms with Gasteiger partial charge in [-0.25, -0.2) is 0 Å². The number of nitrogens with two attached hydrogens (primary N) is 1. The molecule has 0 aromatic carbocycles. The second kappa shape index (κ2) is 5.78. The van der Waals surface area contributed by atoms with Crippen molar-refractivity contribution < 1.29 is 4.74 Å². The van der Waals surface area contributed by atoms with E-state index in [2.05, 4.69) is 31.8 Å². The monoisotopic (exact) mass is 278 g/mol. The fraction of sp³-hybridized carbons (Fsp3) is 0.769. The smallest absolute Gasteiger partial charge is 0.323 e. The van der Waals surface area contributed by atoms with Crippen LogP contribution in [0.4, 0.5) is 11.9 Å². The summed E-state index contributed by atoms with van der Waals surface area (Å²) in [7, 11) is 2.13. The molecule has 0 spiro atoms. The van der Waals surface area contributed by atoms with E-state index in [-0.39, 0.29) is 12.1 Å². The van der Waals surface area contributed by atoms with Crippen LogP contribution < -0.4 is 15.4 Å². The lowest BCUT2D eigenvalue weighted by atomic mass is 10.1. The average molecular weight is 278 g/mol. The molecule has 3 rings (SSSR count). The number of aromatic nitrogens is 3. The van der Waals surface area contributed by atoms with Crippen molar-refractivity contribution in [1.29, 1.82) is 0 Å². The maximum Gasteiger partial charge on any atom is 0.323 e. The molecule has 0 saturated carbocycles. The van der Waals surface area contributed by atoms with Crippen molar-refractivity contribution in [3.05, 3.63) is 0 Å². The summed E-state index contributed by atoms with van der Waals surface area (Å²) in [6.07, 6.45) is 4.54. The van der Waals surface area contributed by atoms with Crippen molar-refractivity contribution in [2.75, 3.05) is 43.9 Å². The summed E-state index contributed by atoms with van der Waals surface area (Å²) < 4.78 is 5.89. The zero-order chi connectivity index (χ0) is 13.9. The minimum absolute atomic E-state index is 0.180. The molecule has 2 aliphatic heterocycles. The maximum absolute atomic E-state index is 5.89. The van der Waals surface area contributed by atoms with E-state index in [4.69, 9.17) is 10.5 Å². The second-order valence-electron chi connectivity index (χ2n) is 5.59. The summed E-state index contributed by atoms with van der Waals surface area (Å²) in [6, 6.07) is 0.369. The summed E-state index contributed by atoms with van der Waals surface area (Å²) in [5, 5.41) is 0. The first-order valence-electron chi connectivity index (χ1n) is 7.32. The Labute approximate surface area is 119 Å². The molecular formula is C13H22N6O. The van der Waals surface area contributed by atoms with Gasteiger partial charge in [0.25, 0.3) is 0 Å². The van der Waals surface area contributed by atoms with Gasteiger partial charge >= 0.3 is 6.01 Å². The Morgan fingerprint density at radius 2 is 1.75 bits per heavy atom. The minimum Gasteiger partial charge on any atom is -0.460 e. The molecule has 0 unspecified atom stereocenters. The molecule has 2 fully saturated rings. The highest BCUT2D eigenvalue weighted by Gasteiger charge is 2.21. The number of ether oxygens (including phenoxy) is 1. The molecule has 3 heterocycles. The van der Waals surface area contributed by atoms with Crippen LogP contribution in [0.15, 0.2) is 0 Å². The van der Waals surface area contributed by atoms with Crippen molar-refractivity contribution in [3.8, 4) is 6.01 Å². The van der Waals surface area contributed by atoms with Gasteiger partial charge in [-0.15, -0.1) is 0 Å². The lowest BCUT2D eigenvalue weighted by Crippen LogP contribution is -2.36. The van der Waals surface area contributed by atoms with Gasteiger partial charge in [-0.05, 0) is 32.7 Å². The van der Waals surface area contributed by atoms with Gasteiger partial charge in [0.15, 0.2) is 0 Å². The number of likely N-dealkylation sites (tertiary alicyclic amines) is 1. The molecule has 0 atom stereocenters. The van der Waals surface area contributed by atoms with Crippen LogP contribution in [0.3, 0.4) is 0 Å². The van der Waals surface area contributed by atoms with E-state index in [0.717, 1.165) is 39.0 Å². The lowest BCUT2D eigenvalue weighted by Gasteiger charge is -2.28. The van der Waals surface area contributed by atoms with Crippen LogP contribution in [0.5, 0.6) is 6.01 Å². The van der Waals surface area contributed by atoms with E-state index >= 15 is 0 Å². The van der Waals surface area contributed by atoms with Gasteiger partial charge in [-0.1, -0.05) is 0 Å². The quantitative estimate of drug-likeness (QED) is 0.863. The Balaban J connectivity index is 1.69. The highest BCUT2D eigenvalue weighted by atomic mass is 16.5. The first-order chi connectivity index (χ1) is 9.70. The molecule has 7 heteroatoms. The van der Waals surface area contributed by atoms with Gasteiger partial charge in [0.1, 0.15) is 6.10 Å². The van der Waals surface area contributed by atoms with Crippen LogP contribution >= 0.6 is 0 Å². The number of anilines is 2. The SMILES string of the molecule is CN1CCC(Oc2nc(N)nc(N3CCCC3)n2)CC1. The summed E-state index contributed by atoms with van der Waals surface area (Å²) in [6.45, 7) is 4.06. The molecule has 1 aromatic rings. The Hall–Kier alpha value is -1.63. The Morgan fingerprint density at radius 3 is 2.45 bits per heavy atom. The standard InChI is InChI=1S/C13H22N6O/c1-18-8-4-10(5-9-18)20-13-16-11(14)15-12(17-13)19-6-2-3-7-19/h10H,2-9H2,1H3,(H2,14,15,16,17). The van der Waals surface area contributed by atoms with Crippen molar-refractivity contribution in [2.45, 2.75) is 31.8 Å². The third-order valence-corrected chi connectivity index (χ3v) is 3.95. The number of rotatable bonds is 3. The number of hydrogen-bond donors (Lipinski definition) is 1. The van der Waals surface area contributed by atoms with E-state index in [1.165, 1.54) is 12.8 Å². The molecule has 0 radical (unpaired) electrons. The van der Waals surface area contributed by atoms with E-state index in [1.807, 2.05) is 0 Å². The highest BCUT2D eigenvalue weighted by Crippen LogP contribution is 2.20. The molecular weight excluding hydrogens is 256 g/mol. The topological polar surface area (TPSA) is 80.4 Å². The number of nitrogen functional groups attached to an aromatic ring is 1. The predicted octanol–water partition coefficient (Wildman–Crippen LogP) is 0.527. The van der Waals surface area contributed by atoms with E-state index in [1.54, 1.807) is 0 Å². The van der Waals surface area contributed by atoms with Crippen molar-refractivity contribution in [3.63, 3.8) is 0 Å². The third-order valence-electron chi connectivity index (χ3n) is 3.95. The second-order valence-corrected chi connectivity index (χ2v) is 5.59. The molecule has 1 aromatic heterocycles. The number of piperidine rings is 1. The fourth-order valence-electron chi connectivity index (χ4n) is 2.72. The van der Waals surface area contributed by atoms with Gasteiger partial charge in [-0.2, -0.15) is 15.0 Å².